The maximum absolute atomic E-state index is 12.5. The lowest BCUT2D eigenvalue weighted by atomic mass is 10.1. The highest BCUT2D eigenvalue weighted by Gasteiger charge is 2.30. The van der Waals surface area contributed by atoms with Gasteiger partial charge in [0.05, 0.1) is 5.69 Å². The van der Waals surface area contributed by atoms with Gasteiger partial charge in [0.2, 0.25) is 5.91 Å². The summed E-state index contributed by atoms with van der Waals surface area (Å²) in [6.45, 7) is 4.46. The highest BCUT2D eigenvalue weighted by atomic mass is 16.5. The minimum Gasteiger partial charge on any atom is -0.482 e. The lowest BCUT2D eigenvalue weighted by Gasteiger charge is -2.33. The molecule has 2 heterocycles. The molecule has 0 radical (unpaired) electrons. The molecule has 0 saturated carbocycles. The Morgan fingerprint density at radius 2 is 2.00 bits per heavy atom. The molecule has 0 aliphatic carbocycles. The van der Waals surface area contributed by atoms with Crippen molar-refractivity contribution in [2.75, 3.05) is 44.2 Å². The van der Waals surface area contributed by atoms with Crippen LogP contribution in [0.1, 0.15) is 23.7 Å². The van der Waals surface area contributed by atoms with Gasteiger partial charge in [0.25, 0.3) is 5.91 Å². The molecular weight excluding hydrogens is 310 g/mol. The average molecular weight is 331 g/mol. The zero-order valence-electron chi connectivity index (χ0n) is 13.7. The van der Waals surface area contributed by atoms with Gasteiger partial charge in [-0.05, 0) is 18.2 Å². The molecule has 3 rings (SSSR count). The number of Topliss-reactive ketones (excluding diaryl/α,β-unsaturated/α-hetero) is 1. The molecule has 24 heavy (non-hydrogen) atoms. The lowest BCUT2D eigenvalue weighted by molar-refractivity contribution is -0.132. The number of fused-ring (bicyclic) bond motifs is 1. The van der Waals surface area contributed by atoms with Gasteiger partial charge in [0, 0.05) is 38.2 Å². The van der Waals surface area contributed by atoms with Gasteiger partial charge in [-0.15, -0.1) is 0 Å². The maximum atomic E-state index is 12.5. The number of hydrogen-bond acceptors (Lipinski definition) is 5. The summed E-state index contributed by atoms with van der Waals surface area (Å²) in [6.07, 6.45) is 0.382. The summed E-state index contributed by atoms with van der Waals surface area (Å²) in [5, 5.41) is 3.19. The Labute approximate surface area is 140 Å². The first kappa shape index (κ1) is 16.4. The predicted octanol–water partition coefficient (Wildman–Crippen LogP) is 0.436. The van der Waals surface area contributed by atoms with Crippen LogP contribution in [0.4, 0.5) is 5.69 Å². The number of carbonyl (C=O) groups is 3. The van der Waals surface area contributed by atoms with Crippen molar-refractivity contribution in [2.45, 2.75) is 13.3 Å². The molecule has 0 aromatic heterocycles. The molecule has 1 N–H and O–H groups in total. The monoisotopic (exact) mass is 331 g/mol. The van der Waals surface area contributed by atoms with Gasteiger partial charge in [-0.2, -0.15) is 0 Å². The lowest BCUT2D eigenvalue weighted by Crippen LogP contribution is -2.51. The molecule has 1 saturated heterocycles. The van der Waals surface area contributed by atoms with Crippen molar-refractivity contribution in [2.24, 2.45) is 0 Å². The number of carbonyl (C=O) groups excluding carboxylic acids is 3. The molecule has 7 nitrogen and oxygen atoms in total. The number of rotatable bonds is 4. The Morgan fingerprint density at radius 1 is 1.25 bits per heavy atom. The standard InChI is InChI=1S/C17H21N3O4/c1-2-14(21)12-3-4-15-13(9-12)20(17(23)11-24-15)10-16(22)19-7-5-18-6-8-19/h3-4,9,18H,2,5-8,10-11H2,1H3. The molecule has 1 fully saturated rings. The van der Waals surface area contributed by atoms with E-state index in [2.05, 4.69) is 5.32 Å². The highest BCUT2D eigenvalue weighted by Crippen LogP contribution is 2.33. The van der Waals surface area contributed by atoms with E-state index in [-0.39, 0.29) is 30.7 Å². The van der Waals surface area contributed by atoms with Crippen LogP contribution in [0.2, 0.25) is 0 Å². The Hall–Kier alpha value is -2.41. The Kier molecular flexibility index (Phi) is 4.80. The SMILES string of the molecule is CCC(=O)c1ccc2c(c1)N(CC(=O)N1CCNCC1)C(=O)CO2. The Morgan fingerprint density at radius 3 is 2.71 bits per heavy atom. The van der Waals surface area contributed by atoms with Gasteiger partial charge in [-0.3, -0.25) is 19.3 Å². The number of nitrogens with one attached hydrogen (secondary N) is 1. The minimum atomic E-state index is -0.271. The number of anilines is 1. The van der Waals surface area contributed by atoms with Gasteiger partial charge < -0.3 is 15.0 Å². The molecule has 2 amide bonds. The van der Waals surface area contributed by atoms with Crippen molar-refractivity contribution < 1.29 is 19.1 Å². The topological polar surface area (TPSA) is 79.0 Å². The second-order valence-corrected chi connectivity index (χ2v) is 5.86. The smallest absolute Gasteiger partial charge is 0.265 e. The summed E-state index contributed by atoms with van der Waals surface area (Å²) in [5.41, 5.74) is 1.02. The second kappa shape index (κ2) is 7.00. The van der Waals surface area contributed by atoms with Crippen molar-refractivity contribution >= 4 is 23.3 Å². The van der Waals surface area contributed by atoms with Crippen LogP contribution in [0.15, 0.2) is 18.2 Å². The largest absolute Gasteiger partial charge is 0.482 e. The van der Waals surface area contributed by atoms with Crippen LogP contribution in [-0.2, 0) is 9.59 Å². The van der Waals surface area contributed by atoms with Crippen LogP contribution in [0.25, 0.3) is 0 Å². The number of benzene rings is 1. The first-order valence-electron chi connectivity index (χ1n) is 8.19. The zero-order valence-corrected chi connectivity index (χ0v) is 13.7. The van der Waals surface area contributed by atoms with E-state index in [1.165, 1.54) is 4.90 Å². The zero-order chi connectivity index (χ0) is 17.1. The van der Waals surface area contributed by atoms with Crippen LogP contribution in [0.5, 0.6) is 5.75 Å². The average Bonchev–Trinajstić information content (AvgIpc) is 2.63. The molecule has 7 heteroatoms. The van der Waals surface area contributed by atoms with E-state index in [9.17, 15) is 14.4 Å². The summed E-state index contributed by atoms with van der Waals surface area (Å²) in [6, 6.07) is 5.02. The van der Waals surface area contributed by atoms with Crippen LogP contribution < -0.4 is 15.0 Å². The fourth-order valence-corrected chi connectivity index (χ4v) is 2.90. The molecule has 2 aliphatic rings. The van der Waals surface area contributed by atoms with E-state index in [0.717, 1.165) is 13.1 Å². The molecule has 128 valence electrons. The maximum Gasteiger partial charge on any atom is 0.265 e. The summed E-state index contributed by atoms with van der Waals surface area (Å²) >= 11 is 0. The van der Waals surface area contributed by atoms with Crippen molar-refractivity contribution in [1.29, 1.82) is 0 Å². The van der Waals surface area contributed by atoms with Gasteiger partial charge in [-0.1, -0.05) is 6.92 Å². The Balaban J connectivity index is 1.84. The molecule has 2 aliphatic heterocycles. The van der Waals surface area contributed by atoms with Crippen molar-refractivity contribution in [1.82, 2.24) is 10.2 Å². The summed E-state index contributed by atoms with van der Waals surface area (Å²) in [7, 11) is 0. The van der Waals surface area contributed by atoms with Crippen molar-refractivity contribution in [3.05, 3.63) is 23.8 Å². The van der Waals surface area contributed by atoms with Crippen molar-refractivity contribution in [3.63, 3.8) is 0 Å². The van der Waals surface area contributed by atoms with E-state index >= 15 is 0 Å². The first-order chi connectivity index (χ1) is 11.6. The number of piperazine rings is 1. The normalized spacial score (nSPS) is 17.3. The van der Waals surface area contributed by atoms with Crippen LogP contribution in [0.3, 0.4) is 0 Å². The fraction of sp³-hybridized carbons (Fsp3) is 0.471. The molecule has 0 spiro atoms. The van der Waals surface area contributed by atoms with E-state index in [0.29, 0.717) is 36.5 Å². The number of hydrogen-bond donors (Lipinski definition) is 1. The van der Waals surface area contributed by atoms with E-state index in [4.69, 9.17) is 4.74 Å². The molecule has 1 aromatic rings. The van der Waals surface area contributed by atoms with E-state index in [1.54, 1.807) is 30.0 Å². The quantitative estimate of drug-likeness (QED) is 0.810. The van der Waals surface area contributed by atoms with Crippen LogP contribution >= 0.6 is 0 Å². The number of ether oxygens (including phenoxy) is 1. The summed E-state index contributed by atoms with van der Waals surface area (Å²) in [5.74, 6) is 0.150. The van der Waals surface area contributed by atoms with Gasteiger partial charge >= 0.3 is 0 Å². The number of nitrogens with zero attached hydrogens (tertiary/aromatic N) is 2. The van der Waals surface area contributed by atoms with Gasteiger partial charge in [0.15, 0.2) is 12.4 Å². The number of amides is 2. The summed E-state index contributed by atoms with van der Waals surface area (Å²) < 4.78 is 5.42. The van der Waals surface area contributed by atoms with E-state index < -0.39 is 0 Å². The number of ketones is 1. The summed E-state index contributed by atoms with van der Waals surface area (Å²) in [4.78, 5) is 39.9. The Bertz CT molecular complexity index is 668. The van der Waals surface area contributed by atoms with E-state index in [1.807, 2.05) is 0 Å². The third kappa shape index (κ3) is 3.26. The second-order valence-electron chi connectivity index (χ2n) is 5.86. The highest BCUT2D eigenvalue weighted by molar-refractivity contribution is 6.04. The molecule has 1 aromatic carbocycles. The van der Waals surface area contributed by atoms with Gasteiger partial charge in [-0.25, -0.2) is 0 Å². The minimum absolute atomic E-state index is 0.01000. The molecule has 0 atom stereocenters. The fourth-order valence-electron chi connectivity index (χ4n) is 2.90. The van der Waals surface area contributed by atoms with Gasteiger partial charge in [0.1, 0.15) is 12.3 Å². The van der Waals surface area contributed by atoms with Crippen molar-refractivity contribution in [3.8, 4) is 5.75 Å². The van der Waals surface area contributed by atoms with Crippen LogP contribution in [0, 0.1) is 0 Å². The van der Waals surface area contributed by atoms with Crippen LogP contribution in [-0.4, -0.2) is 61.8 Å². The predicted molar refractivity (Wildman–Crippen MR) is 88.4 cm³/mol. The third-order valence-electron chi connectivity index (χ3n) is 4.31. The molecule has 0 unspecified atom stereocenters. The first-order valence-corrected chi connectivity index (χ1v) is 8.19. The third-order valence-corrected chi connectivity index (χ3v) is 4.31. The molecule has 0 bridgehead atoms. The molecular formula is C17H21N3O4.